The summed E-state index contributed by atoms with van der Waals surface area (Å²) < 4.78 is 13.7. The first kappa shape index (κ1) is 14.7. The number of carbonyl (C=O) groups excluding carboxylic acids is 1. The first-order valence-corrected chi connectivity index (χ1v) is 6.91. The minimum absolute atomic E-state index is 0.129. The fraction of sp³-hybridized carbons (Fsp3) is 0.200. The predicted octanol–water partition coefficient (Wildman–Crippen LogP) is 3.82. The number of hydrogen-bond donors (Lipinski definition) is 0. The van der Waals surface area contributed by atoms with Crippen molar-refractivity contribution in [1.29, 1.82) is 0 Å². The van der Waals surface area contributed by atoms with Gasteiger partial charge in [-0.1, -0.05) is 12.1 Å². The average Bonchev–Trinajstić information content (AvgIpc) is 2.46. The minimum Gasteiger partial charge on any atom is -0.335 e. The summed E-state index contributed by atoms with van der Waals surface area (Å²) in [5.74, 6) is -0.415. The van der Waals surface area contributed by atoms with E-state index in [-0.39, 0.29) is 17.8 Å². The second kappa shape index (κ2) is 6.13. The van der Waals surface area contributed by atoms with Gasteiger partial charge in [-0.05, 0) is 46.6 Å². The predicted molar refractivity (Wildman–Crippen MR) is 78.8 cm³/mol. The van der Waals surface area contributed by atoms with E-state index in [1.165, 1.54) is 18.3 Å². The van der Waals surface area contributed by atoms with Gasteiger partial charge in [-0.3, -0.25) is 9.78 Å². The first-order valence-electron chi connectivity index (χ1n) is 6.12. The zero-order valence-corrected chi connectivity index (χ0v) is 12.8. The molecule has 2 aromatic rings. The highest BCUT2D eigenvalue weighted by Crippen LogP contribution is 2.21. The lowest BCUT2D eigenvalue weighted by molar-refractivity contribution is 0.0742. The smallest absolute Gasteiger partial charge is 0.255 e. The largest absolute Gasteiger partial charge is 0.335 e. The molecule has 0 aliphatic carbocycles. The van der Waals surface area contributed by atoms with Crippen LogP contribution in [0.4, 0.5) is 4.39 Å². The Balaban J connectivity index is 2.20. The van der Waals surface area contributed by atoms with Crippen LogP contribution < -0.4 is 0 Å². The van der Waals surface area contributed by atoms with Crippen LogP contribution in [0.5, 0.6) is 0 Å². The fourth-order valence-corrected chi connectivity index (χ4v) is 2.24. The molecule has 1 aromatic carbocycles. The molecule has 0 fully saturated rings. The van der Waals surface area contributed by atoms with E-state index in [9.17, 15) is 9.18 Å². The molecule has 0 radical (unpaired) electrons. The van der Waals surface area contributed by atoms with E-state index < -0.39 is 0 Å². The summed E-state index contributed by atoms with van der Waals surface area (Å²) in [6, 6.07) is 7.73. The molecule has 0 spiro atoms. The van der Waals surface area contributed by atoms with Crippen LogP contribution in [0.3, 0.4) is 0 Å². The first-order chi connectivity index (χ1) is 9.49. The molecule has 0 N–H and O–H groups in total. The quantitative estimate of drug-likeness (QED) is 0.853. The molecule has 3 nitrogen and oxygen atoms in total. The van der Waals surface area contributed by atoms with Gasteiger partial charge in [0.05, 0.1) is 11.6 Å². The molecule has 1 heterocycles. The Hall–Kier alpha value is -1.75. The van der Waals surface area contributed by atoms with E-state index in [0.717, 1.165) is 10.0 Å². The number of amides is 1. The third-order valence-corrected chi connectivity index (χ3v) is 3.64. The van der Waals surface area contributed by atoms with Crippen molar-refractivity contribution in [3.63, 3.8) is 0 Å². The summed E-state index contributed by atoms with van der Waals surface area (Å²) in [6.45, 7) is 1.90. The van der Waals surface area contributed by atoms with E-state index in [0.29, 0.717) is 5.56 Å². The van der Waals surface area contributed by atoms with Gasteiger partial charge in [-0.15, -0.1) is 0 Å². The molecule has 1 unspecified atom stereocenters. The molecule has 0 saturated heterocycles. The van der Waals surface area contributed by atoms with Gasteiger partial charge in [-0.2, -0.15) is 0 Å². The second-order valence-electron chi connectivity index (χ2n) is 4.54. The molecular formula is C15H14BrFN2O. The van der Waals surface area contributed by atoms with Crippen LogP contribution in [0.1, 0.15) is 28.9 Å². The Morgan fingerprint density at radius 1 is 1.30 bits per heavy atom. The molecule has 104 valence electrons. The van der Waals surface area contributed by atoms with Crippen LogP contribution in [0.15, 0.2) is 47.2 Å². The van der Waals surface area contributed by atoms with Crippen LogP contribution in [0.25, 0.3) is 0 Å². The van der Waals surface area contributed by atoms with E-state index in [4.69, 9.17) is 0 Å². The molecule has 0 bridgehead atoms. The van der Waals surface area contributed by atoms with Gasteiger partial charge in [0.2, 0.25) is 0 Å². The highest BCUT2D eigenvalue weighted by Gasteiger charge is 2.19. The van der Waals surface area contributed by atoms with Crippen molar-refractivity contribution in [2.75, 3.05) is 7.05 Å². The fourth-order valence-electron chi connectivity index (χ4n) is 1.87. The number of carbonyl (C=O) groups is 1. The van der Waals surface area contributed by atoms with Gasteiger partial charge >= 0.3 is 0 Å². The maximum absolute atomic E-state index is 12.9. The monoisotopic (exact) mass is 336 g/mol. The zero-order valence-electron chi connectivity index (χ0n) is 11.2. The van der Waals surface area contributed by atoms with Crippen LogP contribution in [0.2, 0.25) is 0 Å². The van der Waals surface area contributed by atoms with Crippen LogP contribution in [-0.2, 0) is 0 Å². The van der Waals surface area contributed by atoms with Crippen molar-refractivity contribution in [1.82, 2.24) is 9.88 Å². The number of nitrogens with zero attached hydrogens (tertiary/aromatic N) is 2. The van der Waals surface area contributed by atoms with E-state index in [2.05, 4.69) is 20.9 Å². The minimum atomic E-state index is -0.286. The molecule has 2 rings (SSSR count). The lowest BCUT2D eigenvalue weighted by atomic mass is 10.1. The Morgan fingerprint density at radius 2 is 1.95 bits per heavy atom. The highest BCUT2D eigenvalue weighted by molar-refractivity contribution is 9.10. The van der Waals surface area contributed by atoms with Crippen molar-refractivity contribution < 1.29 is 9.18 Å². The lowest BCUT2D eigenvalue weighted by Crippen LogP contribution is -2.29. The lowest BCUT2D eigenvalue weighted by Gasteiger charge is -2.25. The Bertz CT molecular complexity index is 616. The van der Waals surface area contributed by atoms with Gasteiger partial charge in [0.25, 0.3) is 5.91 Å². The van der Waals surface area contributed by atoms with Crippen molar-refractivity contribution in [3.8, 4) is 0 Å². The molecule has 0 aliphatic heterocycles. The molecular weight excluding hydrogens is 323 g/mol. The van der Waals surface area contributed by atoms with Crippen LogP contribution in [0, 0.1) is 5.82 Å². The van der Waals surface area contributed by atoms with Crippen molar-refractivity contribution in [2.45, 2.75) is 13.0 Å². The van der Waals surface area contributed by atoms with Gasteiger partial charge in [0.1, 0.15) is 5.82 Å². The van der Waals surface area contributed by atoms with Crippen molar-refractivity contribution >= 4 is 21.8 Å². The van der Waals surface area contributed by atoms with Crippen molar-refractivity contribution in [2.24, 2.45) is 0 Å². The average molecular weight is 337 g/mol. The summed E-state index contributed by atoms with van der Waals surface area (Å²) in [5.41, 5.74) is 1.39. The highest BCUT2D eigenvalue weighted by atomic mass is 79.9. The number of pyridine rings is 1. The third-order valence-electron chi connectivity index (χ3n) is 3.21. The normalized spacial score (nSPS) is 12.0. The number of aromatic nitrogens is 1. The van der Waals surface area contributed by atoms with E-state index >= 15 is 0 Å². The third kappa shape index (κ3) is 3.22. The van der Waals surface area contributed by atoms with Gasteiger partial charge in [-0.25, -0.2) is 4.39 Å². The number of rotatable bonds is 3. The van der Waals surface area contributed by atoms with Gasteiger partial charge in [0.15, 0.2) is 0 Å². The summed E-state index contributed by atoms with van der Waals surface area (Å²) in [4.78, 5) is 18.0. The SMILES string of the molecule is CC(c1ccc(F)cc1)N(C)C(=O)c1cncc(Br)c1. The van der Waals surface area contributed by atoms with Crippen LogP contribution >= 0.6 is 15.9 Å². The Labute approximate surface area is 125 Å². The topological polar surface area (TPSA) is 33.2 Å². The maximum Gasteiger partial charge on any atom is 0.255 e. The van der Waals surface area contributed by atoms with E-state index in [1.54, 1.807) is 36.3 Å². The number of hydrogen-bond acceptors (Lipinski definition) is 2. The summed E-state index contributed by atoms with van der Waals surface area (Å²) in [5, 5.41) is 0. The molecule has 5 heteroatoms. The molecule has 0 aliphatic rings. The maximum atomic E-state index is 12.9. The number of benzene rings is 1. The molecule has 1 amide bonds. The number of halogens is 2. The zero-order chi connectivity index (χ0) is 14.7. The summed E-state index contributed by atoms with van der Waals surface area (Å²) >= 11 is 3.29. The van der Waals surface area contributed by atoms with Gasteiger partial charge < -0.3 is 4.90 Å². The summed E-state index contributed by atoms with van der Waals surface area (Å²) in [7, 11) is 1.72. The Morgan fingerprint density at radius 3 is 2.55 bits per heavy atom. The molecule has 1 aromatic heterocycles. The standard InChI is InChI=1S/C15H14BrFN2O/c1-10(11-3-5-14(17)6-4-11)19(2)15(20)12-7-13(16)9-18-8-12/h3-10H,1-2H3. The van der Waals surface area contributed by atoms with E-state index in [1.807, 2.05) is 6.92 Å². The van der Waals surface area contributed by atoms with Crippen molar-refractivity contribution in [3.05, 3.63) is 64.1 Å². The van der Waals surface area contributed by atoms with Gasteiger partial charge in [0, 0.05) is 23.9 Å². The van der Waals surface area contributed by atoms with Crippen LogP contribution in [-0.4, -0.2) is 22.8 Å². The molecule has 0 saturated carbocycles. The summed E-state index contributed by atoms with van der Waals surface area (Å²) in [6.07, 6.45) is 3.15. The molecule has 20 heavy (non-hydrogen) atoms. The second-order valence-corrected chi connectivity index (χ2v) is 5.45. The molecule has 1 atom stereocenters. The Kier molecular flexibility index (Phi) is 4.49.